The molecule has 0 saturated carbocycles. The summed E-state index contributed by atoms with van der Waals surface area (Å²) < 4.78 is 29.1. The van der Waals surface area contributed by atoms with Gasteiger partial charge in [0.05, 0.1) is 5.56 Å². The standard InChI is InChI=1S/C24H26F2N4O/c1-3-19(30-11-10-16-6-4-5-7-17(16)14-30)13-27-24(31)21-15-29(2)28-23(21)20-9-8-18(25)12-22(20)26/h4-9,12,15,19H,3,10-11,13-14H2,1-2H3,(H,27,31). The fraction of sp³-hybridized carbons (Fsp3) is 0.333. The second-order valence-corrected chi connectivity index (χ2v) is 7.95. The highest BCUT2D eigenvalue weighted by Gasteiger charge is 2.24. The van der Waals surface area contributed by atoms with Crippen LogP contribution in [0, 0.1) is 11.6 Å². The van der Waals surface area contributed by atoms with Gasteiger partial charge in [0, 0.05) is 50.6 Å². The third kappa shape index (κ3) is 4.51. The Balaban J connectivity index is 1.47. The molecule has 1 unspecified atom stereocenters. The number of fused-ring (bicyclic) bond motifs is 1. The summed E-state index contributed by atoms with van der Waals surface area (Å²) in [5.74, 6) is -1.73. The minimum absolute atomic E-state index is 0.104. The zero-order chi connectivity index (χ0) is 22.0. The van der Waals surface area contributed by atoms with Crippen molar-refractivity contribution in [1.82, 2.24) is 20.0 Å². The zero-order valence-electron chi connectivity index (χ0n) is 17.7. The van der Waals surface area contributed by atoms with Crippen molar-refractivity contribution in [2.45, 2.75) is 32.4 Å². The molecule has 2 heterocycles. The molecule has 1 aromatic heterocycles. The Labute approximate surface area is 180 Å². The van der Waals surface area contributed by atoms with Gasteiger partial charge in [-0.15, -0.1) is 0 Å². The van der Waals surface area contributed by atoms with E-state index in [4.69, 9.17) is 0 Å². The molecule has 1 aliphatic rings. The number of hydrogen-bond donors (Lipinski definition) is 1. The van der Waals surface area contributed by atoms with E-state index in [0.717, 1.165) is 38.1 Å². The number of aromatic nitrogens is 2. The maximum atomic E-state index is 14.3. The lowest BCUT2D eigenvalue weighted by Gasteiger charge is -2.35. The molecule has 3 aromatic rings. The number of carbonyl (C=O) groups is 1. The van der Waals surface area contributed by atoms with E-state index in [1.165, 1.54) is 21.9 Å². The number of aryl methyl sites for hydroxylation is 1. The van der Waals surface area contributed by atoms with E-state index in [1.807, 2.05) is 0 Å². The van der Waals surface area contributed by atoms with Crippen LogP contribution in [-0.4, -0.2) is 39.7 Å². The molecule has 162 valence electrons. The Bertz CT molecular complexity index is 1090. The highest BCUT2D eigenvalue weighted by molar-refractivity contribution is 5.99. The first-order valence-corrected chi connectivity index (χ1v) is 10.5. The van der Waals surface area contributed by atoms with Crippen LogP contribution >= 0.6 is 0 Å². The average molecular weight is 424 g/mol. The molecule has 1 amide bonds. The summed E-state index contributed by atoms with van der Waals surface area (Å²) in [5, 5.41) is 7.23. The Morgan fingerprint density at radius 3 is 2.71 bits per heavy atom. The van der Waals surface area contributed by atoms with Gasteiger partial charge < -0.3 is 5.32 Å². The van der Waals surface area contributed by atoms with Crippen LogP contribution in [0.4, 0.5) is 8.78 Å². The summed E-state index contributed by atoms with van der Waals surface area (Å²) in [5.41, 5.74) is 3.30. The number of nitrogens with one attached hydrogen (secondary N) is 1. The molecule has 0 aliphatic carbocycles. The van der Waals surface area contributed by atoms with Crippen molar-refractivity contribution in [2.75, 3.05) is 13.1 Å². The van der Waals surface area contributed by atoms with E-state index in [-0.39, 0.29) is 28.8 Å². The number of halogens is 2. The van der Waals surface area contributed by atoms with Gasteiger partial charge in [-0.2, -0.15) is 5.10 Å². The van der Waals surface area contributed by atoms with Crippen LogP contribution < -0.4 is 5.32 Å². The van der Waals surface area contributed by atoms with Crippen molar-refractivity contribution in [3.63, 3.8) is 0 Å². The predicted molar refractivity (Wildman–Crippen MR) is 116 cm³/mol. The van der Waals surface area contributed by atoms with Gasteiger partial charge in [0.15, 0.2) is 0 Å². The molecule has 0 saturated heterocycles. The molecule has 0 radical (unpaired) electrons. The fourth-order valence-corrected chi connectivity index (χ4v) is 4.20. The minimum Gasteiger partial charge on any atom is -0.350 e. The Kier molecular flexibility index (Phi) is 6.13. The quantitative estimate of drug-likeness (QED) is 0.652. The number of amides is 1. The highest BCUT2D eigenvalue weighted by atomic mass is 19.1. The lowest BCUT2D eigenvalue weighted by molar-refractivity contribution is 0.0927. The zero-order valence-corrected chi connectivity index (χ0v) is 17.7. The van der Waals surface area contributed by atoms with Crippen LogP contribution in [0.5, 0.6) is 0 Å². The summed E-state index contributed by atoms with van der Waals surface area (Å²) in [4.78, 5) is 15.3. The first-order chi connectivity index (χ1) is 15.0. The molecule has 1 atom stereocenters. The van der Waals surface area contributed by atoms with Crippen molar-refractivity contribution in [1.29, 1.82) is 0 Å². The van der Waals surface area contributed by atoms with Crippen molar-refractivity contribution in [2.24, 2.45) is 7.05 Å². The number of hydrogen-bond acceptors (Lipinski definition) is 3. The van der Waals surface area contributed by atoms with Gasteiger partial charge in [-0.25, -0.2) is 8.78 Å². The lowest BCUT2D eigenvalue weighted by atomic mass is 9.98. The van der Waals surface area contributed by atoms with E-state index >= 15 is 0 Å². The molecular formula is C24H26F2N4O. The molecule has 0 fully saturated rings. The summed E-state index contributed by atoms with van der Waals surface area (Å²) in [6.45, 7) is 4.41. The van der Waals surface area contributed by atoms with E-state index in [9.17, 15) is 13.6 Å². The van der Waals surface area contributed by atoms with E-state index in [1.54, 1.807) is 13.2 Å². The molecule has 1 N–H and O–H groups in total. The van der Waals surface area contributed by atoms with Crippen LogP contribution in [0.2, 0.25) is 0 Å². The van der Waals surface area contributed by atoms with Gasteiger partial charge >= 0.3 is 0 Å². The molecule has 5 nitrogen and oxygen atoms in total. The van der Waals surface area contributed by atoms with Gasteiger partial charge in [0.2, 0.25) is 0 Å². The maximum absolute atomic E-state index is 14.3. The number of carbonyl (C=O) groups excluding carboxylic acids is 1. The van der Waals surface area contributed by atoms with Gasteiger partial charge in [-0.3, -0.25) is 14.4 Å². The van der Waals surface area contributed by atoms with Crippen molar-refractivity contribution >= 4 is 5.91 Å². The van der Waals surface area contributed by atoms with Crippen molar-refractivity contribution in [3.8, 4) is 11.3 Å². The average Bonchev–Trinajstić information content (AvgIpc) is 3.15. The summed E-state index contributed by atoms with van der Waals surface area (Å²) >= 11 is 0. The molecule has 0 bridgehead atoms. The molecule has 0 spiro atoms. The molecule has 4 rings (SSSR count). The van der Waals surface area contributed by atoms with Crippen LogP contribution in [-0.2, 0) is 20.0 Å². The molecule has 2 aromatic carbocycles. The lowest BCUT2D eigenvalue weighted by Crippen LogP contribution is -2.45. The highest BCUT2D eigenvalue weighted by Crippen LogP contribution is 2.26. The van der Waals surface area contributed by atoms with Crippen LogP contribution in [0.25, 0.3) is 11.3 Å². The predicted octanol–water partition coefficient (Wildman–Crippen LogP) is 3.93. The van der Waals surface area contributed by atoms with E-state index in [0.29, 0.717) is 6.54 Å². The third-order valence-electron chi connectivity index (χ3n) is 5.91. The van der Waals surface area contributed by atoms with Gasteiger partial charge in [0.25, 0.3) is 5.91 Å². The molecular weight excluding hydrogens is 398 g/mol. The van der Waals surface area contributed by atoms with Crippen LogP contribution in [0.15, 0.2) is 48.7 Å². The number of benzene rings is 2. The van der Waals surface area contributed by atoms with E-state index in [2.05, 4.69) is 46.5 Å². The smallest absolute Gasteiger partial charge is 0.255 e. The van der Waals surface area contributed by atoms with Gasteiger partial charge in [-0.1, -0.05) is 31.2 Å². The second kappa shape index (κ2) is 8.98. The molecule has 7 heteroatoms. The molecule has 1 aliphatic heterocycles. The van der Waals surface area contributed by atoms with Crippen LogP contribution in [0.1, 0.15) is 34.8 Å². The first kappa shape index (κ1) is 21.2. The summed E-state index contributed by atoms with van der Waals surface area (Å²) in [6.07, 6.45) is 3.46. The van der Waals surface area contributed by atoms with Crippen molar-refractivity contribution in [3.05, 3.63) is 77.0 Å². The number of rotatable bonds is 6. The molecule has 31 heavy (non-hydrogen) atoms. The topological polar surface area (TPSA) is 50.2 Å². The van der Waals surface area contributed by atoms with E-state index < -0.39 is 11.6 Å². The first-order valence-electron chi connectivity index (χ1n) is 10.5. The largest absolute Gasteiger partial charge is 0.350 e. The maximum Gasteiger partial charge on any atom is 0.255 e. The van der Waals surface area contributed by atoms with Gasteiger partial charge in [-0.05, 0) is 36.1 Å². The van der Waals surface area contributed by atoms with Crippen molar-refractivity contribution < 1.29 is 13.6 Å². The fourth-order valence-electron chi connectivity index (χ4n) is 4.20. The third-order valence-corrected chi connectivity index (χ3v) is 5.91. The summed E-state index contributed by atoms with van der Waals surface area (Å²) in [7, 11) is 1.67. The Hall–Kier alpha value is -3.06. The Morgan fingerprint density at radius 2 is 1.97 bits per heavy atom. The second-order valence-electron chi connectivity index (χ2n) is 7.95. The monoisotopic (exact) mass is 424 g/mol. The minimum atomic E-state index is -0.744. The summed E-state index contributed by atoms with van der Waals surface area (Å²) in [6, 6.07) is 11.9. The normalized spacial score (nSPS) is 14.8. The Morgan fingerprint density at radius 1 is 1.19 bits per heavy atom. The number of nitrogens with zero attached hydrogens (tertiary/aromatic N) is 3. The van der Waals surface area contributed by atoms with Gasteiger partial charge in [0.1, 0.15) is 17.3 Å². The van der Waals surface area contributed by atoms with Crippen LogP contribution in [0.3, 0.4) is 0 Å². The SMILES string of the molecule is CCC(CNC(=O)c1cn(C)nc1-c1ccc(F)cc1F)N1CCc2ccccc2C1.